The van der Waals surface area contributed by atoms with Crippen LogP contribution in [0, 0.1) is 0 Å². The fraction of sp³-hybridized carbons (Fsp3) is 0.333. The molecule has 178 valence electrons. The van der Waals surface area contributed by atoms with E-state index in [9.17, 15) is 9.90 Å². The molecule has 10 heteroatoms. The van der Waals surface area contributed by atoms with Crippen LogP contribution in [0.2, 0.25) is 0 Å². The van der Waals surface area contributed by atoms with Crippen LogP contribution in [0.25, 0.3) is 27.5 Å². The van der Waals surface area contributed by atoms with Crippen LogP contribution in [-0.4, -0.2) is 74.8 Å². The Bertz CT molecular complexity index is 1240. The molecule has 4 rings (SSSR count). The number of carbonyl (C=O) groups is 1. The minimum atomic E-state index is -0.174. The molecule has 0 aromatic carbocycles. The fourth-order valence-corrected chi connectivity index (χ4v) is 4.35. The predicted molar refractivity (Wildman–Crippen MR) is 135 cm³/mol. The van der Waals surface area contributed by atoms with Crippen molar-refractivity contribution in [3.05, 3.63) is 53.7 Å². The molecule has 0 spiro atoms. The average molecular weight is 480 g/mol. The van der Waals surface area contributed by atoms with Gasteiger partial charge in [-0.2, -0.15) is 5.10 Å². The molecule has 0 fully saturated rings. The van der Waals surface area contributed by atoms with E-state index < -0.39 is 0 Å². The van der Waals surface area contributed by atoms with Gasteiger partial charge in [0.25, 0.3) is 5.91 Å². The highest BCUT2D eigenvalue weighted by Gasteiger charge is 2.16. The van der Waals surface area contributed by atoms with Crippen molar-refractivity contribution in [2.75, 3.05) is 44.6 Å². The molecule has 0 aliphatic rings. The second-order valence-corrected chi connectivity index (χ2v) is 8.62. The number of likely N-dealkylation sites (N-methyl/N-ethyl adjacent to an activating group) is 1. The first-order chi connectivity index (χ1) is 16.6. The van der Waals surface area contributed by atoms with Crippen LogP contribution in [0.15, 0.2) is 48.1 Å². The molecule has 0 saturated heterocycles. The summed E-state index contributed by atoms with van der Waals surface area (Å²) >= 11 is 1.62. The molecule has 0 unspecified atom stereocenters. The number of nitrogens with one attached hydrogen (secondary N) is 2. The monoisotopic (exact) mass is 479 g/mol. The highest BCUT2D eigenvalue weighted by molar-refractivity contribution is 7.13. The summed E-state index contributed by atoms with van der Waals surface area (Å²) in [4.78, 5) is 25.8. The molecule has 0 radical (unpaired) electrons. The molecular formula is C24H29N7O2S. The first kappa shape index (κ1) is 23.8. The number of pyridine rings is 1. The van der Waals surface area contributed by atoms with Gasteiger partial charge in [-0.3, -0.25) is 4.79 Å². The number of rotatable bonds is 11. The van der Waals surface area contributed by atoms with Crippen LogP contribution in [0.1, 0.15) is 24.2 Å². The zero-order valence-electron chi connectivity index (χ0n) is 19.4. The summed E-state index contributed by atoms with van der Waals surface area (Å²) in [6, 6.07) is 9.40. The lowest BCUT2D eigenvalue weighted by molar-refractivity contribution is 0.0949. The van der Waals surface area contributed by atoms with Gasteiger partial charge in [0, 0.05) is 31.4 Å². The topological polar surface area (TPSA) is 108 Å². The average Bonchev–Trinajstić information content (AvgIpc) is 3.55. The third kappa shape index (κ3) is 5.41. The highest BCUT2D eigenvalue weighted by atomic mass is 32.1. The van der Waals surface area contributed by atoms with Gasteiger partial charge in [0.05, 0.1) is 34.6 Å². The normalized spacial score (nSPS) is 11.3. The molecule has 3 N–H and O–H groups in total. The van der Waals surface area contributed by atoms with E-state index in [1.54, 1.807) is 34.2 Å². The number of carbonyl (C=O) groups excluding carboxylic acids is 1. The standard InChI is InChI=1S/C24H29N7O2S/c1-3-30(4-2)11-8-26-24(33)17-14-20(28-22(15-17)25-9-12-32)18-16-27-31-10-7-19(29-23(18)31)21-6-5-13-34-21/h5-7,10,13-16,32H,3-4,8-9,11-12H2,1-2H3,(H,25,28)(H,26,33). The number of aliphatic hydroxyl groups excluding tert-OH is 1. The Morgan fingerprint density at radius 3 is 2.74 bits per heavy atom. The lowest BCUT2D eigenvalue weighted by atomic mass is 10.1. The molecule has 9 nitrogen and oxygen atoms in total. The maximum Gasteiger partial charge on any atom is 0.251 e. The third-order valence-corrected chi connectivity index (χ3v) is 6.42. The first-order valence-corrected chi connectivity index (χ1v) is 12.3. The number of aromatic nitrogens is 4. The first-order valence-electron chi connectivity index (χ1n) is 11.4. The molecular weight excluding hydrogens is 450 g/mol. The van der Waals surface area contributed by atoms with E-state index in [0.717, 1.165) is 35.8 Å². The summed E-state index contributed by atoms with van der Waals surface area (Å²) in [6.07, 6.45) is 3.58. The van der Waals surface area contributed by atoms with Crippen LogP contribution in [-0.2, 0) is 0 Å². The maximum absolute atomic E-state index is 13.0. The van der Waals surface area contributed by atoms with Gasteiger partial charge in [-0.15, -0.1) is 11.3 Å². The lowest BCUT2D eigenvalue weighted by Crippen LogP contribution is -2.34. The molecule has 4 aromatic heterocycles. The predicted octanol–water partition coefficient (Wildman–Crippen LogP) is 3.00. The zero-order chi connectivity index (χ0) is 23.9. The summed E-state index contributed by atoms with van der Waals surface area (Å²) in [5, 5.41) is 21.7. The second-order valence-electron chi connectivity index (χ2n) is 7.68. The Hall–Kier alpha value is -3.34. The van der Waals surface area contributed by atoms with Crippen molar-refractivity contribution >= 4 is 28.7 Å². The van der Waals surface area contributed by atoms with Gasteiger partial charge >= 0.3 is 0 Å². The molecule has 4 heterocycles. The number of nitrogens with zero attached hydrogens (tertiary/aromatic N) is 5. The molecule has 0 atom stereocenters. The molecule has 0 aliphatic carbocycles. The van der Waals surface area contributed by atoms with Crippen molar-refractivity contribution in [2.45, 2.75) is 13.8 Å². The number of hydrogen-bond acceptors (Lipinski definition) is 8. The van der Waals surface area contributed by atoms with Gasteiger partial charge in [-0.1, -0.05) is 19.9 Å². The third-order valence-electron chi connectivity index (χ3n) is 5.53. The molecule has 0 saturated carbocycles. The summed E-state index contributed by atoms with van der Waals surface area (Å²) in [7, 11) is 0. The van der Waals surface area contributed by atoms with Crippen LogP contribution in [0.4, 0.5) is 5.82 Å². The smallest absolute Gasteiger partial charge is 0.251 e. The van der Waals surface area contributed by atoms with E-state index in [4.69, 9.17) is 4.98 Å². The molecule has 1 amide bonds. The molecule has 0 aliphatic heterocycles. The molecule has 4 aromatic rings. The van der Waals surface area contributed by atoms with Crippen molar-refractivity contribution in [2.24, 2.45) is 0 Å². The van der Waals surface area contributed by atoms with Crippen molar-refractivity contribution in [1.29, 1.82) is 0 Å². The van der Waals surface area contributed by atoms with E-state index >= 15 is 0 Å². The van der Waals surface area contributed by atoms with Crippen molar-refractivity contribution in [3.63, 3.8) is 0 Å². The minimum absolute atomic E-state index is 0.0419. The SMILES string of the molecule is CCN(CC)CCNC(=O)c1cc(NCCO)nc(-c2cnn3ccc(-c4cccs4)nc23)c1. The van der Waals surface area contributed by atoms with Crippen molar-refractivity contribution in [3.8, 4) is 21.8 Å². The summed E-state index contributed by atoms with van der Waals surface area (Å²) in [5.41, 5.74) is 3.31. The molecule has 0 bridgehead atoms. The fourth-order valence-electron chi connectivity index (χ4n) is 3.65. The maximum atomic E-state index is 13.0. The van der Waals surface area contributed by atoms with E-state index in [-0.39, 0.29) is 12.5 Å². The Morgan fingerprint density at radius 2 is 2.00 bits per heavy atom. The van der Waals surface area contributed by atoms with E-state index in [1.165, 1.54) is 0 Å². The Kier molecular flexibility index (Phi) is 7.84. The molecule has 34 heavy (non-hydrogen) atoms. The quantitative estimate of drug-likeness (QED) is 0.304. The van der Waals surface area contributed by atoms with Crippen LogP contribution < -0.4 is 10.6 Å². The number of hydrogen-bond donors (Lipinski definition) is 3. The summed E-state index contributed by atoms with van der Waals surface area (Å²) < 4.78 is 1.70. The van der Waals surface area contributed by atoms with Crippen LogP contribution >= 0.6 is 11.3 Å². The number of fused-ring (bicyclic) bond motifs is 1. The Balaban J connectivity index is 1.66. The van der Waals surface area contributed by atoms with E-state index in [0.29, 0.717) is 35.8 Å². The van der Waals surface area contributed by atoms with Crippen molar-refractivity contribution in [1.82, 2.24) is 29.8 Å². The summed E-state index contributed by atoms with van der Waals surface area (Å²) in [5.74, 6) is 0.334. The highest BCUT2D eigenvalue weighted by Crippen LogP contribution is 2.28. The van der Waals surface area contributed by atoms with Gasteiger partial charge in [-0.25, -0.2) is 14.5 Å². The van der Waals surface area contributed by atoms with E-state index in [2.05, 4.69) is 39.5 Å². The van der Waals surface area contributed by atoms with Crippen LogP contribution in [0.3, 0.4) is 0 Å². The summed E-state index contributed by atoms with van der Waals surface area (Å²) in [6.45, 7) is 7.72. The van der Waals surface area contributed by atoms with Gasteiger partial charge in [0.15, 0.2) is 5.65 Å². The van der Waals surface area contributed by atoms with E-state index in [1.807, 2.05) is 29.8 Å². The number of amides is 1. The number of anilines is 1. The Morgan fingerprint density at radius 1 is 1.15 bits per heavy atom. The largest absolute Gasteiger partial charge is 0.395 e. The van der Waals surface area contributed by atoms with Gasteiger partial charge in [0.1, 0.15) is 5.82 Å². The number of aliphatic hydroxyl groups is 1. The van der Waals surface area contributed by atoms with Gasteiger partial charge in [-0.05, 0) is 42.7 Å². The Labute approximate surface area is 202 Å². The van der Waals surface area contributed by atoms with Gasteiger partial charge in [0.2, 0.25) is 0 Å². The zero-order valence-corrected chi connectivity index (χ0v) is 20.2. The lowest BCUT2D eigenvalue weighted by Gasteiger charge is -2.18. The number of thiophene rings is 1. The van der Waals surface area contributed by atoms with Crippen LogP contribution in [0.5, 0.6) is 0 Å². The van der Waals surface area contributed by atoms with Gasteiger partial charge < -0.3 is 20.6 Å². The minimum Gasteiger partial charge on any atom is -0.395 e. The second kappa shape index (κ2) is 11.2. The van der Waals surface area contributed by atoms with Crippen molar-refractivity contribution < 1.29 is 9.90 Å².